The summed E-state index contributed by atoms with van der Waals surface area (Å²) in [5.74, 6) is 0. The average molecular weight is 187 g/mol. The fourth-order valence-corrected chi connectivity index (χ4v) is 1.21. The lowest BCUT2D eigenvalue weighted by atomic mass is 10.1. The monoisotopic (exact) mass is 187 g/mol. The van der Waals surface area contributed by atoms with Gasteiger partial charge in [-0.25, -0.2) is 0 Å². The highest BCUT2D eigenvalue weighted by Crippen LogP contribution is 2.15. The van der Waals surface area contributed by atoms with Crippen molar-refractivity contribution in [1.82, 2.24) is 0 Å². The molecule has 1 nitrogen and oxygen atoms in total. The highest BCUT2D eigenvalue weighted by molar-refractivity contribution is 5.85. The van der Waals surface area contributed by atoms with Crippen LogP contribution < -0.4 is 5.73 Å². The predicted octanol–water partition coefficient (Wildman–Crippen LogP) is 3.84. The molecule has 0 atom stereocenters. The van der Waals surface area contributed by atoms with E-state index in [2.05, 4.69) is 26.0 Å². The van der Waals surface area contributed by atoms with Gasteiger partial charge < -0.3 is 5.73 Å². The molecule has 0 saturated carbocycles. The van der Waals surface area contributed by atoms with Gasteiger partial charge in [0.05, 0.1) is 0 Å². The predicted molar refractivity (Wildman–Crippen MR) is 64.3 cm³/mol. The van der Waals surface area contributed by atoms with E-state index in [-0.39, 0.29) is 0 Å². The number of nitrogens with two attached hydrogens (primary N) is 1. The van der Waals surface area contributed by atoms with Crippen molar-refractivity contribution in [2.24, 2.45) is 0 Å². The minimum absolute atomic E-state index is 0.823. The molecule has 2 aromatic rings. The molecule has 2 aromatic carbocycles. The Morgan fingerprint density at radius 3 is 2.14 bits per heavy atom. The Labute approximate surface area is 85.6 Å². The molecule has 0 heterocycles. The molecular weight excluding hydrogens is 170 g/mol. The molecule has 0 spiro atoms. The lowest BCUT2D eigenvalue weighted by Crippen LogP contribution is -1.82. The van der Waals surface area contributed by atoms with Crippen LogP contribution in [0.3, 0.4) is 0 Å². The van der Waals surface area contributed by atoms with Gasteiger partial charge in [0.1, 0.15) is 0 Å². The first kappa shape index (κ1) is 10.6. The Hall–Kier alpha value is -1.50. The van der Waals surface area contributed by atoms with Gasteiger partial charge in [0.15, 0.2) is 0 Å². The highest BCUT2D eigenvalue weighted by Gasteiger charge is 1.89. The molecule has 0 amide bonds. The van der Waals surface area contributed by atoms with Crippen molar-refractivity contribution in [3.8, 4) is 0 Å². The van der Waals surface area contributed by atoms with Crippen LogP contribution in [0.5, 0.6) is 0 Å². The van der Waals surface area contributed by atoms with Gasteiger partial charge in [0.2, 0.25) is 0 Å². The third-order valence-electron chi connectivity index (χ3n) is 1.77. The van der Waals surface area contributed by atoms with Crippen LogP contribution in [0.25, 0.3) is 10.8 Å². The normalized spacial score (nSPS) is 9.29. The fourth-order valence-electron chi connectivity index (χ4n) is 1.21. The van der Waals surface area contributed by atoms with Gasteiger partial charge in [-0.3, -0.25) is 0 Å². The largest absolute Gasteiger partial charge is 0.399 e. The Bertz CT molecular complexity index is 393. The first-order chi connectivity index (χ1) is 6.77. The number of benzene rings is 2. The SMILES string of the molecule is CCC.Nc1ccc2ccccc2c1. The topological polar surface area (TPSA) is 26.0 Å². The Balaban J connectivity index is 0.000000293. The minimum Gasteiger partial charge on any atom is -0.399 e. The molecule has 0 unspecified atom stereocenters. The summed E-state index contributed by atoms with van der Waals surface area (Å²) < 4.78 is 0. The summed E-state index contributed by atoms with van der Waals surface area (Å²) in [7, 11) is 0. The van der Waals surface area contributed by atoms with Gasteiger partial charge in [0.25, 0.3) is 0 Å². The van der Waals surface area contributed by atoms with E-state index < -0.39 is 0 Å². The standard InChI is InChI=1S/C10H9N.C3H8/c11-10-6-5-8-3-1-2-4-9(8)7-10;1-3-2/h1-7H,11H2;3H2,1-2H3. The molecule has 0 radical (unpaired) electrons. The first-order valence-electron chi connectivity index (χ1n) is 5.02. The second-order valence-corrected chi connectivity index (χ2v) is 3.31. The Morgan fingerprint density at radius 1 is 0.929 bits per heavy atom. The quantitative estimate of drug-likeness (QED) is 0.623. The summed E-state index contributed by atoms with van der Waals surface area (Å²) in [6.45, 7) is 4.25. The van der Waals surface area contributed by atoms with E-state index in [4.69, 9.17) is 5.73 Å². The molecule has 1 heteroatoms. The maximum absolute atomic E-state index is 5.62. The van der Waals surface area contributed by atoms with Crippen molar-refractivity contribution in [3.63, 3.8) is 0 Å². The van der Waals surface area contributed by atoms with Crippen LogP contribution in [-0.4, -0.2) is 0 Å². The van der Waals surface area contributed by atoms with Crippen LogP contribution >= 0.6 is 0 Å². The summed E-state index contributed by atoms with van der Waals surface area (Å²) in [6, 6.07) is 14.1. The van der Waals surface area contributed by atoms with Gasteiger partial charge >= 0.3 is 0 Å². The molecule has 2 N–H and O–H groups in total. The van der Waals surface area contributed by atoms with Gasteiger partial charge in [-0.05, 0) is 22.9 Å². The second-order valence-electron chi connectivity index (χ2n) is 3.31. The molecule has 0 fully saturated rings. The molecule has 2 rings (SSSR count). The number of anilines is 1. The van der Waals surface area contributed by atoms with E-state index in [0.29, 0.717) is 0 Å². The molecule has 0 aliphatic heterocycles. The van der Waals surface area contributed by atoms with Crippen LogP contribution in [0.4, 0.5) is 5.69 Å². The lowest BCUT2D eigenvalue weighted by molar-refractivity contribution is 1.09. The summed E-state index contributed by atoms with van der Waals surface area (Å²) in [4.78, 5) is 0. The number of nitrogen functional groups attached to an aromatic ring is 1. The smallest absolute Gasteiger partial charge is 0.0320 e. The highest BCUT2D eigenvalue weighted by atomic mass is 14.5. The summed E-state index contributed by atoms with van der Waals surface area (Å²) >= 11 is 0. The van der Waals surface area contributed by atoms with E-state index in [1.165, 1.54) is 17.2 Å². The molecule has 0 aliphatic carbocycles. The van der Waals surface area contributed by atoms with E-state index in [9.17, 15) is 0 Å². The summed E-state index contributed by atoms with van der Waals surface area (Å²) in [5.41, 5.74) is 6.45. The first-order valence-corrected chi connectivity index (χ1v) is 5.02. The number of fused-ring (bicyclic) bond motifs is 1. The second kappa shape index (κ2) is 5.28. The molecule has 74 valence electrons. The van der Waals surface area contributed by atoms with Crippen molar-refractivity contribution in [2.75, 3.05) is 5.73 Å². The van der Waals surface area contributed by atoms with Gasteiger partial charge in [-0.2, -0.15) is 0 Å². The van der Waals surface area contributed by atoms with Crippen LogP contribution in [0.15, 0.2) is 42.5 Å². The molecular formula is C13H17N. The van der Waals surface area contributed by atoms with Gasteiger partial charge in [-0.1, -0.05) is 50.6 Å². The third kappa shape index (κ3) is 2.77. The van der Waals surface area contributed by atoms with Crippen LogP contribution in [0, 0.1) is 0 Å². The molecule has 0 aliphatic rings. The van der Waals surface area contributed by atoms with E-state index in [0.717, 1.165) is 5.69 Å². The summed E-state index contributed by atoms with van der Waals surface area (Å²) in [6.07, 6.45) is 1.25. The molecule has 0 bridgehead atoms. The molecule has 0 saturated heterocycles. The van der Waals surface area contributed by atoms with Crippen molar-refractivity contribution in [3.05, 3.63) is 42.5 Å². The van der Waals surface area contributed by atoms with Gasteiger partial charge in [0, 0.05) is 5.69 Å². The fraction of sp³-hybridized carbons (Fsp3) is 0.231. The van der Waals surface area contributed by atoms with Crippen LogP contribution in [-0.2, 0) is 0 Å². The van der Waals surface area contributed by atoms with Crippen molar-refractivity contribution in [1.29, 1.82) is 0 Å². The maximum Gasteiger partial charge on any atom is 0.0320 e. The zero-order valence-electron chi connectivity index (χ0n) is 8.83. The maximum atomic E-state index is 5.62. The number of rotatable bonds is 0. The van der Waals surface area contributed by atoms with Crippen molar-refractivity contribution >= 4 is 16.5 Å². The van der Waals surface area contributed by atoms with E-state index >= 15 is 0 Å². The van der Waals surface area contributed by atoms with Crippen LogP contribution in [0.2, 0.25) is 0 Å². The van der Waals surface area contributed by atoms with Crippen molar-refractivity contribution in [2.45, 2.75) is 20.3 Å². The summed E-state index contributed by atoms with van der Waals surface area (Å²) in [5, 5.41) is 2.44. The van der Waals surface area contributed by atoms with Crippen LogP contribution in [0.1, 0.15) is 20.3 Å². The number of hydrogen-bond acceptors (Lipinski definition) is 1. The average Bonchev–Trinajstić information content (AvgIpc) is 2.19. The van der Waals surface area contributed by atoms with E-state index in [1.54, 1.807) is 0 Å². The zero-order chi connectivity index (χ0) is 10.4. The molecule has 0 aromatic heterocycles. The lowest BCUT2D eigenvalue weighted by Gasteiger charge is -1.96. The Kier molecular flexibility index (Phi) is 3.99. The van der Waals surface area contributed by atoms with Crippen molar-refractivity contribution < 1.29 is 0 Å². The number of hydrogen-bond donors (Lipinski definition) is 1. The van der Waals surface area contributed by atoms with E-state index in [1.807, 2.05) is 30.3 Å². The third-order valence-corrected chi connectivity index (χ3v) is 1.77. The Morgan fingerprint density at radius 2 is 1.50 bits per heavy atom. The zero-order valence-corrected chi connectivity index (χ0v) is 8.83. The molecule has 14 heavy (non-hydrogen) atoms. The van der Waals surface area contributed by atoms with Gasteiger partial charge in [-0.15, -0.1) is 0 Å². The minimum atomic E-state index is 0.823.